The molecule has 0 fully saturated rings. The summed E-state index contributed by atoms with van der Waals surface area (Å²) < 4.78 is 27.4. The van der Waals surface area contributed by atoms with Crippen LogP contribution in [0.3, 0.4) is 0 Å². The number of ketones is 1. The third kappa shape index (κ3) is 3.16. The van der Waals surface area contributed by atoms with Crippen molar-refractivity contribution >= 4 is 33.3 Å². The molecule has 2 nitrogen and oxygen atoms in total. The first-order chi connectivity index (χ1) is 8.99. The minimum atomic E-state index is -0.768. The third-order valence-electron chi connectivity index (χ3n) is 2.53. The van der Waals surface area contributed by atoms with E-state index < -0.39 is 17.4 Å². The second kappa shape index (κ2) is 5.75. The van der Waals surface area contributed by atoms with E-state index in [4.69, 9.17) is 11.6 Å². The van der Waals surface area contributed by atoms with Crippen LogP contribution in [0.15, 0.2) is 34.9 Å². The molecule has 1 aromatic heterocycles. The summed E-state index contributed by atoms with van der Waals surface area (Å²) in [7, 11) is 0. The van der Waals surface area contributed by atoms with Crippen LogP contribution in [0.5, 0.6) is 0 Å². The molecule has 19 heavy (non-hydrogen) atoms. The van der Waals surface area contributed by atoms with E-state index in [0.29, 0.717) is 0 Å². The maximum atomic E-state index is 13.7. The van der Waals surface area contributed by atoms with Gasteiger partial charge in [0, 0.05) is 23.7 Å². The monoisotopic (exact) mass is 345 g/mol. The Kier molecular flexibility index (Phi) is 4.27. The van der Waals surface area contributed by atoms with Crippen molar-refractivity contribution in [3.8, 4) is 0 Å². The summed E-state index contributed by atoms with van der Waals surface area (Å²) in [6.07, 6.45) is 0.902. The molecule has 0 aliphatic carbocycles. The van der Waals surface area contributed by atoms with Crippen LogP contribution < -0.4 is 0 Å². The zero-order chi connectivity index (χ0) is 14.0. The summed E-state index contributed by atoms with van der Waals surface area (Å²) >= 11 is 8.55. The standard InChI is InChI=1S/C13H7BrClF2NO/c14-9-2-3-10(16)8(13(9)17)5-11(19)7-1-4-12(15)18-6-7/h1-4,6H,5H2. The fourth-order valence-electron chi connectivity index (χ4n) is 1.53. The van der Waals surface area contributed by atoms with E-state index in [2.05, 4.69) is 20.9 Å². The summed E-state index contributed by atoms with van der Waals surface area (Å²) in [6.45, 7) is 0. The molecule has 0 aliphatic rings. The molecule has 0 atom stereocenters. The Hall–Kier alpha value is -1.33. The van der Waals surface area contributed by atoms with E-state index in [9.17, 15) is 13.6 Å². The second-order valence-electron chi connectivity index (χ2n) is 3.79. The van der Waals surface area contributed by atoms with Crippen LogP contribution >= 0.6 is 27.5 Å². The van der Waals surface area contributed by atoms with Crippen molar-refractivity contribution in [1.82, 2.24) is 4.98 Å². The lowest BCUT2D eigenvalue weighted by Crippen LogP contribution is -2.08. The Morgan fingerprint density at radius 2 is 2.00 bits per heavy atom. The maximum Gasteiger partial charge on any atom is 0.169 e. The number of carbonyl (C=O) groups excluding carboxylic acids is 1. The minimum absolute atomic E-state index is 0.117. The molecule has 1 heterocycles. The summed E-state index contributed by atoms with van der Waals surface area (Å²) in [5.74, 6) is -1.95. The first-order valence-corrected chi connectivity index (χ1v) is 6.43. The molecule has 0 bridgehead atoms. The van der Waals surface area contributed by atoms with Crippen molar-refractivity contribution < 1.29 is 13.6 Å². The molecule has 0 amide bonds. The van der Waals surface area contributed by atoms with Gasteiger partial charge in [-0.15, -0.1) is 0 Å². The average molecular weight is 347 g/mol. The highest BCUT2D eigenvalue weighted by molar-refractivity contribution is 9.10. The SMILES string of the molecule is O=C(Cc1c(F)ccc(Br)c1F)c1ccc(Cl)nc1. The number of benzene rings is 1. The largest absolute Gasteiger partial charge is 0.294 e. The van der Waals surface area contributed by atoms with Gasteiger partial charge in [-0.1, -0.05) is 11.6 Å². The lowest BCUT2D eigenvalue weighted by molar-refractivity contribution is 0.0990. The smallest absolute Gasteiger partial charge is 0.169 e. The van der Waals surface area contributed by atoms with Gasteiger partial charge in [0.1, 0.15) is 16.8 Å². The lowest BCUT2D eigenvalue weighted by Gasteiger charge is -2.06. The predicted molar refractivity (Wildman–Crippen MR) is 71.3 cm³/mol. The van der Waals surface area contributed by atoms with Crippen LogP contribution in [-0.2, 0) is 6.42 Å². The summed E-state index contributed by atoms with van der Waals surface area (Å²) in [5, 5.41) is 0.247. The molecule has 0 spiro atoms. The molecule has 98 valence electrons. The van der Waals surface area contributed by atoms with Gasteiger partial charge in [0.05, 0.1) is 4.47 Å². The van der Waals surface area contributed by atoms with Crippen LogP contribution in [-0.4, -0.2) is 10.8 Å². The molecular formula is C13H7BrClF2NO. The van der Waals surface area contributed by atoms with Crippen molar-refractivity contribution in [2.24, 2.45) is 0 Å². The predicted octanol–water partition coefficient (Wildman–Crippen LogP) is 4.20. The van der Waals surface area contributed by atoms with Crippen molar-refractivity contribution in [2.75, 3.05) is 0 Å². The van der Waals surface area contributed by atoms with E-state index in [0.717, 1.165) is 6.07 Å². The zero-order valence-corrected chi connectivity index (χ0v) is 11.8. The molecular weight excluding hydrogens is 340 g/mol. The maximum absolute atomic E-state index is 13.7. The molecule has 6 heteroatoms. The van der Waals surface area contributed by atoms with Crippen molar-refractivity contribution in [3.05, 3.63) is 62.8 Å². The molecule has 2 rings (SSSR count). The summed E-state index contributed by atoms with van der Waals surface area (Å²) in [4.78, 5) is 15.7. The van der Waals surface area contributed by atoms with Crippen LogP contribution in [0.2, 0.25) is 5.15 Å². The van der Waals surface area contributed by atoms with Gasteiger partial charge in [-0.2, -0.15) is 0 Å². The average Bonchev–Trinajstić information content (AvgIpc) is 2.40. The van der Waals surface area contributed by atoms with Crippen molar-refractivity contribution in [3.63, 3.8) is 0 Å². The Bertz CT molecular complexity index is 631. The number of hydrogen-bond acceptors (Lipinski definition) is 2. The molecule has 1 aromatic carbocycles. The van der Waals surface area contributed by atoms with Crippen molar-refractivity contribution in [1.29, 1.82) is 0 Å². The Morgan fingerprint density at radius 1 is 1.26 bits per heavy atom. The molecule has 0 saturated heterocycles. The zero-order valence-electron chi connectivity index (χ0n) is 9.46. The van der Waals surface area contributed by atoms with E-state index in [-0.39, 0.29) is 27.2 Å². The number of pyridine rings is 1. The third-order valence-corrected chi connectivity index (χ3v) is 3.36. The number of aromatic nitrogens is 1. The van der Waals surface area contributed by atoms with Gasteiger partial charge in [-0.3, -0.25) is 4.79 Å². The highest BCUT2D eigenvalue weighted by Gasteiger charge is 2.17. The Balaban J connectivity index is 2.29. The molecule has 0 unspecified atom stereocenters. The van der Waals surface area contributed by atoms with Gasteiger partial charge >= 0.3 is 0 Å². The number of carbonyl (C=O) groups is 1. The van der Waals surface area contributed by atoms with Gasteiger partial charge in [-0.05, 0) is 40.2 Å². The second-order valence-corrected chi connectivity index (χ2v) is 5.03. The first-order valence-electron chi connectivity index (χ1n) is 5.26. The van der Waals surface area contributed by atoms with Gasteiger partial charge in [-0.25, -0.2) is 13.8 Å². The van der Waals surface area contributed by atoms with E-state index in [1.165, 1.54) is 24.4 Å². The van der Waals surface area contributed by atoms with Crippen LogP contribution in [0.25, 0.3) is 0 Å². The number of nitrogens with zero attached hydrogens (tertiary/aromatic N) is 1. The number of halogens is 4. The summed E-state index contributed by atoms with van der Waals surface area (Å²) in [6, 6.07) is 5.27. The van der Waals surface area contributed by atoms with E-state index in [1.54, 1.807) is 0 Å². The van der Waals surface area contributed by atoms with Gasteiger partial charge in [0.15, 0.2) is 5.78 Å². The molecule has 0 aliphatic heterocycles. The number of hydrogen-bond donors (Lipinski definition) is 0. The van der Waals surface area contributed by atoms with Gasteiger partial charge in [0.2, 0.25) is 0 Å². The van der Waals surface area contributed by atoms with Crippen molar-refractivity contribution in [2.45, 2.75) is 6.42 Å². The van der Waals surface area contributed by atoms with Gasteiger partial charge in [0.25, 0.3) is 0 Å². The van der Waals surface area contributed by atoms with Crippen LogP contribution in [0.4, 0.5) is 8.78 Å². The normalized spacial score (nSPS) is 10.5. The Morgan fingerprint density at radius 3 is 2.63 bits per heavy atom. The molecule has 0 N–H and O–H groups in total. The molecule has 2 aromatic rings. The number of Topliss-reactive ketones (excluding diaryl/α,β-unsaturated/α-hetero) is 1. The minimum Gasteiger partial charge on any atom is -0.294 e. The summed E-state index contributed by atoms with van der Waals surface area (Å²) in [5.41, 5.74) is -0.0162. The Labute approximate surface area is 121 Å². The lowest BCUT2D eigenvalue weighted by atomic mass is 10.0. The fourth-order valence-corrected chi connectivity index (χ4v) is 2.02. The first kappa shape index (κ1) is 14.1. The fraction of sp³-hybridized carbons (Fsp3) is 0.0769. The van der Waals surface area contributed by atoms with Gasteiger partial charge < -0.3 is 0 Å². The quantitative estimate of drug-likeness (QED) is 0.473. The van der Waals surface area contributed by atoms with E-state index >= 15 is 0 Å². The molecule has 0 radical (unpaired) electrons. The topological polar surface area (TPSA) is 30.0 Å². The highest BCUT2D eigenvalue weighted by atomic mass is 79.9. The van der Waals surface area contributed by atoms with Crippen LogP contribution in [0.1, 0.15) is 15.9 Å². The van der Waals surface area contributed by atoms with Crippen LogP contribution in [0, 0.1) is 11.6 Å². The number of rotatable bonds is 3. The van der Waals surface area contributed by atoms with E-state index in [1.807, 2.05) is 0 Å². The highest BCUT2D eigenvalue weighted by Crippen LogP contribution is 2.23. The molecule has 0 saturated carbocycles.